The number of esters is 1. The SMILES string of the molecule is CCOC(=O)c1ccc(N(CC(=O)O)C(C)(C)C)nc1. The van der Waals surface area contributed by atoms with Crippen molar-refractivity contribution in [3.8, 4) is 0 Å². The first-order valence-corrected chi connectivity index (χ1v) is 6.38. The van der Waals surface area contributed by atoms with Gasteiger partial charge in [-0.15, -0.1) is 0 Å². The Kier molecular flexibility index (Phi) is 5.07. The van der Waals surface area contributed by atoms with Gasteiger partial charge in [-0.2, -0.15) is 0 Å². The molecule has 1 aromatic heterocycles. The first-order valence-electron chi connectivity index (χ1n) is 6.38. The Labute approximate surface area is 118 Å². The van der Waals surface area contributed by atoms with E-state index >= 15 is 0 Å². The van der Waals surface area contributed by atoms with Crippen LogP contribution in [0.3, 0.4) is 0 Å². The number of aliphatic carboxylic acids is 1. The van der Waals surface area contributed by atoms with Crippen LogP contribution in [0.25, 0.3) is 0 Å². The van der Waals surface area contributed by atoms with Crippen molar-refractivity contribution in [3.05, 3.63) is 23.9 Å². The fourth-order valence-electron chi connectivity index (χ4n) is 1.68. The molecule has 20 heavy (non-hydrogen) atoms. The highest BCUT2D eigenvalue weighted by atomic mass is 16.5. The van der Waals surface area contributed by atoms with Gasteiger partial charge in [-0.3, -0.25) is 4.79 Å². The van der Waals surface area contributed by atoms with Crippen LogP contribution in [0.2, 0.25) is 0 Å². The molecule has 0 spiro atoms. The number of nitrogens with zero attached hydrogens (tertiary/aromatic N) is 2. The minimum Gasteiger partial charge on any atom is -0.480 e. The van der Waals surface area contributed by atoms with Crippen LogP contribution in [-0.2, 0) is 9.53 Å². The molecule has 0 aliphatic heterocycles. The van der Waals surface area contributed by atoms with Gasteiger partial charge in [0.25, 0.3) is 0 Å². The predicted octanol–water partition coefficient (Wildman–Crippen LogP) is 1.95. The van der Waals surface area contributed by atoms with E-state index in [0.717, 1.165) is 0 Å². The monoisotopic (exact) mass is 280 g/mol. The fourth-order valence-corrected chi connectivity index (χ4v) is 1.68. The first-order chi connectivity index (χ1) is 9.25. The van der Waals surface area contributed by atoms with E-state index in [-0.39, 0.29) is 6.54 Å². The molecule has 0 radical (unpaired) electrons. The number of hydrogen-bond donors (Lipinski definition) is 1. The summed E-state index contributed by atoms with van der Waals surface area (Å²) in [6, 6.07) is 3.21. The Balaban J connectivity index is 2.99. The number of aromatic nitrogens is 1. The van der Waals surface area contributed by atoms with Crippen LogP contribution in [0.5, 0.6) is 0 Å². The summed E-state index contributed by atoms with van der Waals surface area (Å²) in [5.74, 6) is -0.865. The Bertz CT molecular complexity index is 477. The summed E-state index contributed by atoms with van der Waals surface area (Å²) in [4.78, 5) is 28.3. The molecule has 0 amide bonds. The molecule has 0 saturated heterocycles. The van der Waals surface area contributed by atoms with E-state index in [1.807, 2.05) is 20.8 Å². The highest BCUT2D eigenvalue weighted by Crippen LogP contribution is 2.21. The Morgan fingerprint density at radius 3 is 2.40 bits per heavy atom. The molecule has 0 aliphatic rings. The van der Waals surface area contributed by atoms with E-state index in [9.17, 15) is 9.59 Å². The predicted molar refractivity (Wildman–Crippen MR) is 74.9 cm³/mol. The van der Waals surface area contributed by atoms with Crippen LogP contribution in [0, 0.1) is 0 Å². The van der Waals surface area contributed by atoms with Gasteiger partial charge in [0, 0.05) is 11.7 Å². The number of anilines is 1. The third-order valence-corrected chi connectivity index (χ3v) is 2.64. The maximum Gasteiger partial charge on any atom is 0.339 e. The van der Waals surface area contributed by atoms with E-state index in [1.54, 1.807) is 24.0 Å². The van der Waals surface area contributed by atoms with Crippen LogP contribution in [0.1, 0.15) is 38.1 Å². The summed E-state index contributed by atoms with van der Waals surface area (Å²) < 4.78 is 4.87. The first kappa shape index (κ1) is 15.9. The molecule has 0 aliphatic carbocycles. The lowest BCUT2D eigenvalue weighted by Crippen LogP contribution is -2.45. The summed E-state index contributed by atoms with van der Waals surface area (Å²) in [5.41, 5.74) is -0.0450. The lowest BCUT2D eigenvalue weighted by molar-refractivity contribution is -0.135. The van der Waals surface area contributed by atoms with Crippen molar-refractivity contribution >= 4 is 17.8 Å². The largest absolute Gasteiger partial charge is 0.480 e. The number of carboxylic acids is 1. The molecule has 0 atom stereocenters. The average molecular weight is 280 g/mol. The van der Waals surface area contributed by atoms with Gasteiger partial charge in [-0.05, 0) is 39.8 Å². The van der Waals surface area contributed by atoms with Crippen molar-refractivity contribution < 1.29 is 19.4 Å². The van der Waals surface area contributed by atoms with E-state index in [4.69, 9.17) is 9.84 Å². The van der Waals surface area contributed by atoms with E-state index in [0.29, 0.717) is 18.0 Å². The third kappa shape index (κ3) is 4.22. The van der Waals surface area contributed by atoms with Gasteiger partial charge >= 0.3 is 11.9 Å². The van der Waals surface area contributed by atoms with E-state index in [2.05, 4.69) is 4.98 Å². The highest BCUT2D eigenvalue weighted by Gasteiger charge is 2.25. The van der Waals surface area contributed by atoms with Crippen molar-refractivity contribution in [1.82, 2.24) is 4.98 Å². The lowest BCUT2D eigenvalue weighted by Gasteiger charge is -2.35. The maximum atomic E-state index is 11.5. The Morgan fingerprint density at radius 2 is 2.00 bits per heavy atom. The van der Waals surface area contributed by atoms with Gasteiger partial charge in [-0.25, -0.2) is 9.78 Å². The van der Waals surface area contributed by atoms with Crippen molar-refractivity contribution in [1.29, 1.82) is 0 Å². The fraction of sp³-hybridized carbons (Fsp3) is 0.500. The highest BCUT2D eigenvalue weighted by molar-refractivity contribution is 5.89. The summed E-state index contributed by atoms with van der Waals surface area (Å²) in [7, 11) is 0. The summed E-state index contributed by atoms with van der Waals surface area (Å²) in [6.07, 6.45) is 1.40. The maximum absolute atomic E-state index is 11.5. The molecule has 1 N–H and O–H groups in total. The molecule has 6 heteroatoms. The Hall–Kier alpha value is -2.11. The average Bonchev–Trinajstić information content (AvgIpc) is 2.35. The molecule has 0 aromatic carbocycles. The molecular weight excluding hydrogens is 260 g/mol. The van der Waals surface area contributed by atoms with Gasteiger partial charge in [0.15, 0.2) is 0 Å². The molecule has 0 bridgehead atoms. The zero-order chi connectivity index (χ0) is 15.3. The number of carbonyl (C=O) groups excluding carboxylic acids is 1. The van der Waals surface area contributed by atoms with Crippen molar-refractivity contribution in [2.75, 3.05) is 18.1 Å². The van der Waals surface area contributed by atoms with Crippen LogP contribution in [0.15, 0.2) is 18.3 Å². The number of pyridine rings is 1. The van der Waals surface area contributed by atoms with Crippen molar-refractivity contribution in [3.63, 3.8) is 0 Å². The van der Waals surface area contributed by atoms with Crippen molar-refractivity contribution in [2.45, 2.75) is 33.2 Å². The zero-order valence-electron chi connectivity index (χ0n) is 12.2. The molecule has 6 nitrogen and oxygen atoms in total. The van der Waals surface area contributed by atoms with Gasteiger partial charge in [0.05, 0.1) is 12.2 Å². The summed E-state index contributed by atoms with van der Waals surface area (Å²) in [5, 5.41) is 8.98. The van der Waals surface area contributed by atoms with E-state index < -0.39 is 17.5 Å². The smallest absolute Gasteiger partial charge is 0.339 e. The van der Waals surface area contributed by atoms with Crippen LogP contribution >= 0.6 is 0 Å². The third-order valence-electron chi connectivity index (χ3n) is 2.64. The molecule has 0 saturated carbocycles. The van der Waals surface area contributed by atoms with Crippen LogP contribution < -0.4 is 4.90 Å². The number of carbonyl (C=O) groups is 2. The normalized spacial score (nSPS) is 11.0. The van der Waals surface area contributed by atoms with Gasteiger partial charge in [-0.1, -0.05) is 0 Å². The van der Waals surface area contributed by atoms with Crippen molar-refractivity contribution in [2.24, 2.45) is 0 Å². The second-order valence-corrected chi connectivity index (χ2v) is 5.28. The number of hydrogen-bond acceptors (Lipinski definition) is 5. The quantitative estimate of drug-likeness (QED) is 0.830. The molecule has 1 rings (SSSR count). The standard InChI is InChI=1S/C14H20N2O4/c1-5-20-13(19)10-6-7-11(15-8-10)16(9-12(17)18)14(2,3)4/h6-8H,5,9H2,1-4H3,(H,17,18). The zero-order valence-corrected chi connectivity index (χ0v) is 12.2. The minimum atomic E-state index is -0.934. The van der Waals surface area contributed by atoms with Gasteiger partial charge < -0.3 is 14.7 Å². The Morgan fingerprint density at radius 1 is 1.35 bits per heavy atom. The number of rotatable bonds is 5. The number of ether oxygens (including phenoxy) is 1. The minimum absolute atomic E-state index is 0.157. The molecule has 1 aromatic rings. The lowest BCUT2D eigenvalue weighted by atomic mass is 10.1. The van der Waals surface area contributed by atoms with Gasteiger partial charge in [0.1, 0.15) is 12.4 Å². The van der Waals surface area contributed by atoms with E-state index in [1.165, 1.54) is 6.20 Å². The summed E-state index contributed by atoms with van der Waals surface area (Å²) >= 11 is 0. The number of carboxylic acid groups (broad SMARTS) is 1. The topological polar surface area (TPSA) is 79.7 Å². The second-order valence-electron chi connectivity index (χ2n) is 5.28. The molecule has 1 heterocycles. The molecular formula is C14H20N2O4. The van der Waals surface area contributed by atoms with Crippen LogP contribution in [0.4, 0.5) is 5.82 Å². The molecule has 0 unspecified atom stereocenters. The molecule has 110 valence electrons. The van der Waals surface area contributed by atoms with Gasteiger partial charge in [0.2, 0.25) is 0 Å². The second kappa shape index (κ2) is 6.36. The molecule has 0 fully saturated rings. The summed E-state index contributed by atoms with van der Waals surface area (Å²) in [6.45, 7) is 7.57. The van der Waals surface area contributed by atoms with Crippen LogP contribution in [-0.4, -0.2) is 40.7 Å².